The molecule has 8 nitrogen and oxygen atoms in total. The standard InChI is InChI=1S/C17H19ClFN5O3/c1-9(25)7-20-16-21-14-13(22(16)2)15(26)24(17(27)23(14)3)8-10-4-5-11(18)12(19)6-10/h4-6,9,25H,7-8H2,1-3H3,(H,20,21)/t9-/m1/s1. The Bertz CT molecular complexity index is 1130. The topological polar surface area (TPSA) is 94.1 Å². The molecule has 1 atom stereocenters. The Morgan fingerprint density at radius 1 is 1.30 bits per heavy atom. The Kier molecular flexibility index (Phi) is 5.07. The third-order valence-electron chi connectivity index (χ3n) is 4.24. The van der Waals surface area contributed by atoms with Gasteiger partial charge in [-0.15, -0.1) is 0 Å². The van der Waals surface area contributed by atoms with Gasteiger partial charge in [0.1, 0.15) is 5.82 Å². The lowest BCUT2D eigenvalue weighted by molar-refractivity contribution is 0.208. The van der Waals surface area contributed by atoms with Gasteiger partial charge in [0.05, 0.1) is 17.7 Å². The molecule has 0 bridgehead atoms. The molecule has 0 aliphatic carbocycles. The first-order valence-corrected chi connectivity index (χ1v) is 8.60. The molecule has 0 fully saturated rings. The molecule has 0 saturated carbocycles. The van der Waals surface area contributed by atoms with E-state index >= 15 is 0 Å². The summed E-state index contributed by atoms with van der Waals surface area (Å²) in [5, 5.41) is 12.3. The van der Waals surface area contributed by atoms with Crippen LogP contribution in [0.2, 0.25) is 5.02 Å². The number of aliphatic hydroxyl groups excluding tert-OH is 1. The smallest absolute Gasteiger partial charge is 0.332 e. The maximum atomic E-state index is 13.7. The summed E-state index contributed by atoms with van der Waals surface area (Å²) >= 11 is 5.68. The summed E-state index contributed by atoms with van der Waals surface area (Å²) < 4.78 is 17.5. The lowest BCUT2D eigenvalue weighted by Crippen LogP contribution is -2.39. The maximum absolute atomic E-state index is 13.7. The van der Waals surface area contributed by atoms with Crippen LogP contribution in [0.15, 0.2) is 27.8 Å². The summed E-state index contributed by atoms with van der Waals surface area (Å²) in [4.78, 5) is 29.9. The largest absolute Gasteiger partial charge is 0.392 e. The van der Waals surface area contributed by atoms with Crippen LogP contribution in [0, 0.1) is 5.82 Å². The van der Waals surface area contributed by atoms with E-state index in [9.17, 15) is 19.1 Å². The van der Waals surface area contributed by atoms with E-state index in [2.05, 4.69) is 10.3 Å². The molecule has 2 N–H and O–H groups in total. The third kappa shape index (κ3) is 3.47. The van der Waals surface area contributed by atoms with Crippen molar-refractivity contribution in [2.45, 2.75) is 19.6 Å². The van der Waals surface area contributed by atoms with Gasteiger partial charge in [-0.2, -0.15) is 4.98 Å². The van der Waals surface area contributed by atoms with Crippen LogP contribution in [0.4, 0.5) is 10.3 Å². The summed E-state index contributed by atoms with van der Waals surface area (Å²) in [6.07, 6.45) is -0.606. The van der Waals surface area contributed by atoms with E-state index in [1.807, 2.05) is 0 Å². The number of nitrogens with zero attached hydrogens (tertiary/aromatic N) is 4. The zero-order valence-corrected chi connectivity index (χ0v) is 15.8. The molecule has 0 saturated heterocycles. The van der Waals surface area contributed by atoms with Crippen LogP contribution in [0.3, 0.4) is 0 Å². The van der Waals surface area contributed by atoms with Crippen LogP contribution in [0.25, 0.3) is 11.2 Å². The van der Waals surface area contributed by atoms with Crippen LogP contribution in [0.1, 0.15) is 12.5 Å². The predicted molar refractivity (Wildman–Crippen MR) is 101 cm³/mol. The van der Waals surface area contributed by atoms with Gasteiger partial charge in [-0.05, 0) is 24.6 Å². The summed E-state index contributed by atoms with van der Waals surface area (Å²) in [6.45, 7) is 1.75. The highest BCUT2D eigenvalue weighted by Crippen LogP contribution is 2.17. The Hall–Kier alpha value is -2.65. The van der Waals surface area contributed by atoms with E-state index < -0.39 is 23.2 Å². The highest BCUT2D eigenvalue weighted by atomic mass is 35.5. The summed E-state index contributed by atoms with van der Waals surface area (Å²) in [5.74, 6) is -0.265. The highest BCUT2D eigenvalue weighted by molar-refractivity contribution is 6.30. The van der Waals surface area contributed by atoms with Crippen molar-refractivity contribution in [1.82, 2.24) is 18.7 Å². The number of anilines is 1. The van der Waals surface area contributed by atoms with Gasteiger partial charge in [0.2, 0.25) is 5.95 Å². The third-order valence-corrected chi connectivity index (χ3v) is 4.55. The first-order chi connectivity index (χ1) is 12.7. The van der Waals surface area contributed by atoms with Crippen LogP contribution in [-0.2, 0) is 20.6 Å². The molecule has 27 heavy (non-hydrogen) atoms. The van der Waals surface area contributed by atoms with Crippen LogP contribution < -0.4 is 16.6 Å². The molecular formula is C17H19ClFN5O3. The molecule has 1 aromatic carbocycles. The molecule has 0 radical (unpaired) electrons. The van der Waals surface area contributed by atoms with Gasteiger partial charge in [-0.3, -0.25) is 13.9 Å². The van der Waals surface area contributed by atoms with Gasteiger partial charge in [0.25, 0.3) is 5.56 Å². The summed E-state index contributed by atoms with van der Waals surface area (Å²) in [6, 6.07) is 4.13. The summed E-state index contributed by atoms with van der Waals surface area (Å²) in [7, 11) is 3.15. The molecule has 2 heterocycles. The predicted octanol–water partition coefficient (Wildman–Crippen LogP) is 1.07. The van der Waals surface area contributed by atoms with Gasteiger partial charge < -0.3 is 15.0 Å². The van der Waals surface area contributed by atoms with Crippen molar-refractivity contribution in [1.29, 1.82) is 0 Å². The number of hydrogen-bond acceptors (Lipinski definition) is 5. The van der Waals surface area contributed by atoms with E-state index in [1.165, 1.54) is 28.3 Å². The second kappa shape index (κ2) is 7.16. The van der Waals surface area contributed by atoms with E-state index in [0.717, 1.165) is 4.57 Å². The Labute approximate surface area is 158 Å². The molecule has 0 unspecified atom stereocenters. The number of aromatic nitrogens is 4. The number of halogens is 2. The number of nitrogens with one attached hydrogen (secondary N) is 1. The lowest BCUT2D eigenvalue weighted by Gasteiger charge is -2.09. The fourth-order valence-corrected chi connectivity index (χ4v) is 2.92. The van der Waals surface area contributed by atoms with E-state index in [0.29, 0.717) is 11.5 Å². The van der Waals surface area contributed by atoms with Crippen LogP contribution >= 0.6 is 11.6 Å². The van der Waals surface area contributed by atoms with Gasteiger partial charge in [-0.1, -0.05) is 17.7 Å². The summed E-state index contributed by atoms with van der Waals surface area (Å²) in [5.41, 5.74) is -0.226. The molecule has 0 aliphatic heterocycles. The molecular weight excluding hydrogens is 377 g/mol. The van der Waals surface area contributed by atoms with Gasteiger partial charge >= 0.3 is 5.69 Å². The van der Waals surface area contributed by atoms with Crippen molar-refractivity contribution >= 4 is 28.7 Å². The monoisotopic (exact) mass is 395 g/mol. The number of benzene rings is 1. The molecule has 3 aromatic rings. The van der Waals surface area contributed by atoms with Crippen molar-refractivity contribution in [2.75, 3.05) is 11.9 Å². The zero-order valence-electron chi connectivity index (χ0n) is 15.0. The average molecular weight is 396 g/mol. The normalized spacial score (nSPS) is 12.5. The number of fused-ring (bicyclic) bond motifs is 1. The minimum absolute atomic E-state index is 0.0325. The average Bonchev–Trinajstić information content (AvgIpc) is 2.95. The first-order valence-electron chi connectivity index (χ1n) is 8.22. The van der Waals surface area contributed by atoms with Gasteiger partial charge in [0, 0.05) is 20.6 Å². The molecule has 10 heteroatoms. The molecule has 144 valence electrons. The van der Waals surface area contributed by atoms with Crippen molar-refractivity contribution < 1.29 is 9.50 Å². The van der Waals surface area contributed by atoms with Gasteiger partial charge in [-0.25, -0.2) is 9.18 Å². The number of imidazole rings is 1. The second-order valence-corrected chi connectivity index (χ2v) is 6.79. The van der Waals surface area contributed by atoms with E-state index in [4.69, 9.17) is 11.6 Å². The molecule has 3 rings (SSSR count). The minimum Gasteiger partial charge on any atom is -0.392 e. The van der Waals surface area contributed by atoms with Crippen molar-refractivity contribution in [3.63, 3.8) is 0 Å². The number of aryl methyl sites for hydroxylation is 2. The van der Waals surface area contributed by atoms with E-state index in [-0.39, 0.29) is 29.3 Å². The fraction of sp³-hybridized carbons (Fsp3) is 0.353. The minimum atomic E-state index is -0.620. The van der Waals surface area contributed by atoms with Gasteiger partial charge in [0.15, 0.2) is 11.2 Å². The highest BCUT2D eigenvalue weighted by Gasteiger charge is 2.19. The van der Waals surface area contributed by atoms with E-state index in [1.54, 1.807) is 20.0 Å². The Morgan fingerprint density at radius 3 is 2.63 bits per heavy atom. The lowest BCUT2D eigenvalue weighted by atomic mass is 10.2. The molecule has 2 aromatic heterocycles. The first kappa shape index (κ1) is 19.1. The van der Waals surface area contributed by atoms with Crippen molar-refractivity contribution in [3.8, 4) is 0 Å². The van der Waals surface area contributed by atoms with Crippen LogP contribution in [-0.4, -0.2) is 36.4 Å². The number of hydrogen-bond donors (Lipinski definition) is 2. The fourth-order valence-electron chi connectivity index (χ4n) is 2.80. The van der Waals surface area contributed by atoms with Crippen molar-refractivity contribution in [3.05, 3.63) is 55.4 Å². The quantitative estimate of drug-likeness (QED) is 0.674. The van der Waals surface area contributed by atoms with Crippen molar-refractivity contribution in [2.24, 2.45) is 14.1 Å². The molecule has 0 aliphatic rings. The number of rotatable bonds is 5. The Balaban J connectivity index is 2.14. The zero-order chi connectivity index (χ0) is 19.9. The molecule has 0 spiro atoms. The Morgan fingerprint density at radius 2 is 2.00 bits per heavy atom. The maximum Gasteiger partial charge on any atom is 0.332 e. The molecule has 0 amide bonds. The van der Waals surface area contributed by atoms with Crippen LogP contribution in [0.5, 0.6) is 0 Å². The SMILES string of the molecule is C[C@@H](O)CNc1nc2c(c(=O)n(Cc3ccc(Cl)c(F)c3)c(=O)n2C)n1C. The second-order valence-electron chi connectivity index (χ2n) is 6.38. The number of aliphatic hydroxyl groups is 1.